The minimum Gasteiger partial charge on any atom is -0.477 e. The van der Waals surface area contributed by atoms with Gasteiger partial charge in [-0.2, -0.15) is 13.8 Å². The molecule has 2 aromatic rings. The van der Waals surface area contributed by atoms with Crippen LogP contribution in [-0.4, -0.2) is 29.5 Å². The van der Waals surface area contributed by atoms with Crippen LogP contribution in [0.1, 0.15) is 12.5 Å². The number of halogens is 5. The molecule has 0 aliphatic rings. The third kappa shape index (κ3) is 5.95. The number of alkyl halides is 4. The number of para-hydroxylation sites is 2. The highest BCUT2D eigenvalue weighted by atomic mass is 35.5. The Morgan fingerprint density at radius 2 is 1.82 bits per heavy atom. The van der Waals surface area contributed by atoms with Crippen molar-refractivity contribution in [2.75, 3.05) is 11.9 Å². The standard InChI is InChI=1S/C18H15Cl3F2N2O3/c1-2-27-15(11-7-3-4-8-12(11)19)25-17(26)24-13-9-5-6-10-14(13)28-18(22,23)16(20)21/h3-10,16H,2H2,1H3,(H,24,26)/b25-15-. The van der Waals surface area contributed by atoms with Crippen LogP contribution in [0.4, 0.5) is 19.3 Å². The minimum atomic E-state index is -3.86. The molecule has 0 spiro atoms. The number of ether oxygens (including phenoxy) is 2. The Labute approximate surface area is 175 Å². The van der Waals surface area contributed by atoms with Crippen LogP contribution < -0.4 is 10.1 Å². The van der Waals surface area contributed by atoms with Gasteiger partial charge in [0, 0.05) is 0 Å². The second-order valence-corrected chi connectivity index (χ2v) is 6.72. The molecular formula is C18H15Cl3F2N2O3. The zero-order chi connectivity index (χ0) is 20.7. The normalized spacial score (nSPS) is 12.0. The van der Waals surface area contributed by atoms with Crippen molar-refractivity contribution in [2.45, 2.75) is 17.9 Å². The van der Waals surface area contributed by atoms with Gasteiger partial charge in [-0.05, 0) is 31.2 Å². The summed E-state index contributed by atoms with van der Waals surface area (Å²) in [6.07, 6.45) is -3.86. The van der Waals surface area contributed by atoms with Gasteiger partial charge in [-0.25, -0.2) is 4.79 Å². The summed E-state index contributed by atoms with van der Waals surface area (Å²) in [5.41, 5.74) is 0.351. The molecule has 0 bridgehead atoms. The SMILES string of the molecule is CCO/C(=N\C(=O)Nc1ccccc1OC(F)(F)C(Cl)Cl)c1ccccc1Cl. The van der Waals surface area contributed by atoms with E-state index in [1.165, 1.54) is 24.3 Å². The quantitative estimate of drug-likeness (QED) is 0.326. The number of anilines is 1. The molecule has 5 nitrogen and oxygen atoms in total. The number of carbonyl (C=O) groups is 1. The van der Waals surface area contributed by atoms with E-state index in [1.54, 1.807) is 31.2 Å². The number of hydrogen-bond donors (Lipinski definition) is 1. The van der Waals surface area contributed by atoms with Gasteiger partial charge in [-0.3, -0.25) is 0 Å². The second-order valence-electron chi connectivity index (χ2n) is 5.22. The van der Waals surface area contributed by atoms with Crippen molar-refractivity contribution in [3.05, 3.63) is 59.1 Å². The van der Waals surface area contributed by atoms with Gasteiger partial charge in [0.15, 0.2) is 0 Å². The molecule has 1 N–H and O–H groups in total. The maximum Gasteiger partial charge on any atom is 0.428 e. The molecule has 0 aliphatic heterocycles. The van der Waals surface area contributed by atoms with E-state index in [9.17, 15) is 13.6 Å². The van der Waals surface area contributed by atoms with Crippen LogP contribution in [0.3, 0.4) is 0 Å². The van der Waals surface area contributed by atoms with Crippen molar-refractivity contribution < 1.29 is 23.0 Å². The highest BCUT2D eigenvalue weighted by Gasteiger charge is 2.40. The maximum atomic E-state index is 13.7. The highest BCUT2D eigenvalue weighted by Crippen LogP contribution is 2.34. The summed E-state index contributed by atoms with van der Waals surface area (Å²) in [7, 11) is 0. The average molecular weight is 452 g/mol. The van der Waals surface area contributed by atoms with Crippen molar-refractivity contribution in [2.24, 2.45) is 4.99 Å². The van der Waals surface area contributed by atoms with Gasteiger partial charge >= 0.3 is 12.1 Å². The maximum absolute atomic E-state index is 13.7. The van der Waals surface area contributed by atoms with Crippen LogP contribution in [-0.2, 0) is 4.74 Å². The fourth-order valence-corrected chi connectivity index (χ4v) is 2.33. The molecule has 0 radical (unpaired) electrons. The first kappa shape index (κ1) is 22.2. The third-order valence-corrected chi connectivity index (χ3v) is 4.05. The van der Waals surface area contributed by atoms with Gasteiger partial charge in [0.25, 0.3) is 0 Å². The van der Waals surface area contributed by atoms with E-state index in [4.69, 9.17) is 39.5 Å². The molecule has 0 fully saturated rings. The van der Waals surface area contributed by atoms with E-state index in [-0.39, 0.29) is 23.9 Å². The molecule has 2 aromatic carbocycles. The van der Waals surface area contributed by atoms with Gasteiger partial charge in [0.05, 0.1) is 22.9 Å². The third-order valence-electron chi connectivity index (χ3n) is 3.22. The molecule has 28 heavy (non-hydrogen) atoms. The van der Waals surface area contributed by atoms with Crippen molar-refractivity contribution in [1.29, 1.82) is 0 Å². The first-order valence-corrected chi connectivity index (χ1v) is 9.21. The fraction of sp³-hybridized carbons (Fsp3) is 0.222. The fourth-order valence-electron chi connectivity index (χ4n) is 2.03. The summed E-state index contributed by atoms with van der Waals surface area (Å²) < 4.78 is 37.2. The van der Waals surface area contributed by atoms with Gasteiger partial charge in [-0.15, -0.1) is 0 Å². The largest absolute Gasteiger partial charge is 0.477 e. The molecule has 0 aromatic heterocycles. The Morgan fingerprint density at radius 3 is 2.46 bits per heavy atom. The molecule has 10 heteroatoms. The average Bonchev–Trinajstić information content (AvgIpc) is 2.63. The Hall–Kier alpha value is -2.09. The number of benzene rings is 2. The number of aliphatic imine (C=N–C) groups is 1. The zero-order valence-electron chi connectivity index (χ0n) is 14.5. The van der Waals surface area contributed by atoms with E-state index in [0.29, 0.717) is 10.6 Å². The van der Waals surface area contributed by atoms with Gasteiger partial charge in [0.2, 0.25) is 10.7 Å². The van der Waals surface area contributed by atoms with Crippen molar-refractivity contribution in [3.8, 4) is 5.75 Å². The number of nitrogens with zero attached hydrogens (tertiary/aromatic N) is 1. The molecule has 0 heterocycles. The first-order valence-electron chi connectivity index (χ1n) is 7.96. The molecule has 2 amide bonds. The van der Waals surface area contributed by atoms with E-state index in [0.717, 1.165) is 0 Å². The van der Waals surface area contributed by atoms with E-state index in [1.807, 2.05) is 0 Å². The van der Waals surface area contributed by atoms with E-state index < -0.39 is 17.0 Å². The Balaban J connectivity index is 2.27. The van der Waals surface area contributed by atoms with Crippen LogP contribution in [0.5, 0.6) is 5.75 Å². The first-order chi connectivity index (χ1) is 13.2. The Kier molecular flexibility index (Phi) is 7.86. The van der Waals surface area contributed by atoms with Crippen LogP contribution in [0.25, 0.3) is 0 Å². The molecule has 0 saturated heterocycles. The van der Waals surface area contributed by atoms with Gasteiger partial charge in [0.1, 0.15) is 5.75 Å². The number of hydrogen-bond acceptors (Lipinski definition) is 3. The van der Waals surface area contributed by atoms with Crippen LogP contribution >= 0.6 is 34.8 Å². The molecule has 2 rings (SSSR count). The lowest BCUT2D eigenvalue weighted by atomic mass is 10.2. The molecular weight excluding hydrogens is 437 g/mol. The van der Waals surface area contributed by atoms with Crippen LogP contribution in [0.15, 0.2) is 53.5 Å². The van der Waals surface area contributed by atoms with Crippen LogP contribution in [0, 0.1) is 0 Å². The minimum absolute atomic E-state index is 0.0177. The second kappa shape index (κ2) is 9.91. The number of nitrogens with one attached hydrogen (secondary N) is 1. The van der Waals surface area contributed by atoms with E-state index in [2.05, 4.69) is 15.0 Å². The highest BCUT2D eigenvalue weighted by molar-refractivity contribution is 6.44. The zero-order valence-corrected chi connectivity index (χ0v) is 16.7. The number of rotatable bonds is 6. The molecule has 150 valence electrons. The number of urea groups is 1. The lowest BCUT2D eigenvalue weighted by Crippen LogP contribution is -2.32. The Morgan fingerprint density at radius 1 is 1.18 bits per heavy atom. The van der Waals surface area contributed by atoms with Gasteiger partial charge in [-0.1, -0.05) is 59.1 Å². The summed E-state index contributed by atoms with van der Waals surface area (Å²) in [6.45, 7) is 1.94. The molecule has 0 saturated carbocycles. The lowest BCUT2D eigenvalue weighted by Gasteiger charge is -2.20. The predicted octanol–water partition coefficient (Wildman–Crippen LogP) is 6.13. The van der Waals surface area contributed by atoms with Crippen LogP contribution in [0.2, 0.25) is 5.02 Å². The summed E-state index contributed by atoms with van der Waals surface area (Å²) in [5.74, 6) is -0.353. The lowest BCUT2D eigenvalue weighted by molar-refractivity contribution is -0.163. The molecule has 0 atom stereocenters. The molecule has 0 aliphatic carbocycles. The summed E-state index contributed by atoms with van der Waals surface area (Å²) in [6, 6.07) is 11.3. The summed E-state index contributed by atoms with van der Waals surface area (Å²) >= 11 is 16.5. The van der Waals surface area contributed by atoms with Gasteiger partial charge < -0.3 is 14.8 Å². The Bertz CT molecular complexity index is 863. The smallest absolute Gasteiger partial charge is 0.428 e. The van der Waals surface area contributed by atoms with Crippen molar-refractivity contribution in [3.63, 3.8) is 0 Å². The molecule has 0 unspecified atom stereocenters. The topological polar surface area (TPSA) is 59.9 Å². The monoisotopic (exact) mass is 450 g/mol. The van der Waals surface area contributed by atoms with Crippen molar-refractivity contribution in [1.82, 2.24) is 0 Å². The number of amides is 2. The number of carbonyl (C=O) groups excluding carboxylic acids is 1. The summed E-state index contributed by atoms with van der Waals surface area (Å²) in [4.78, 5) is 14.0. The van der Waals surface area contributed by atoms with E-state index >= 15 is 0 Å². The summed E-state index contributed by atoms with van der Waals surface area (Å²) in [5, 5.41) is 2.69. The van der Waals surface area contributed by atoms with Crippen molar-refractivity contribution >= 4 is 52.4 Å². The predicted molar refractivity (Wildman–Crippen MR) is 106 cm³/mol.